The van der Waals surface area contributed by atoms with Crippen LogP contribution in [-0.2, 0) is 10.3 Å². The number of ether oxygens (including phenoxy) is 2. The number of methoxy groups -OCH3 is 1. The average molecular weight is 396 g/mol. The minimum Gasteiger partial charge on any atom is -0.496 e. The molecule has 1 atom stereocenters. The summed E-state index contributed by atoms with van der Waals surface area (Å²) in [5.41, 5.74) is 0.692. The molecule has 3 rings (SSSR count). The van der Waals surface area contributed by atoms with Gasteiger partial charge < -0.3 is 14.8 Å². The number of benzene rings is 2. The number of hydrogen-bond donors (Lipinski definition) is 1. The largest absolute Gasteiger partial charge is 0.496 e. The van der Waals surface area contributed by atoms with Crippen LogP contribution >= 0.6 is 0 Å². The molecule has 6 heteroatoms. The van der Waals surface area contributed by atoms with Gasteiger partial charge in [0, 0.05) is 6.54 Å². The summed E-state index contributed by atoms with van der Waals surface area (Å²) in [5.74, 6) is 1.38. The highest BCUT2D eigenvalue weighted by Gasteiger charge is 2.51. The summed E-state index contributed by atoms with van der Waals surface area (Å²) < 4.78 is 11.0. The second kappa shape index (κ2) is 8.99. The lowest BCUT2D eigenvalue weighted by Gasteiger charge is -2.26. The van der Waals surface area contributed by atoms with Gasteiger partial charge in [-0.15, -0.1) is 0 Å². The van der Waals surface area contributed by atoms with E-state index in [1.54, 1.807) is 7.11 Å². The smallest absolute Gasteiger partial charge is 0.325 e. The van der Waals surface area contributed by atoms with Crippen molar-refractivity contribution < 1.29 is 19.1 Å². The van der Waals surface area contributed by atoms with Crippen LogP contribution < -0.4 is 14.8 Å². The number of nitrogens with one attached hydrogen (secondary N) is 1. The molecule has 1 unspecified atom stereocenters. The Bertz CT molecular complexity index is 868. The molecule has 0 bridgehead atoms. The Hall–Kier alpha value is -3.02. The predicted molar refractivity (Wildman–Crippen MR) is 111 cm³/mol. The molecule has 2 aromatic rings. The molecule has 0 radical (unpaired) electrons. The molecule has 0 aromatic heterocycles. The van der Waals surface area contributed by atoms with Crippen LogP contribution in [0.4, 0.5) is 4.79 Å². The number of aryl methyl sites for hydroxylation is 1. The summed E-state index contributed by atoms with van der Waals surface area (Å²) in [6.07, 6.45) is 1.93. The van der Waals surface area contributed by atoms with Crippen LogP contribution in [0.5, 0.6) is 11.5 Å². The Kier molecular flexibility index (Phi) is 6.42. The zero-order valence-corrected chi connectivity index (χ0v) is 17.2. The number of para-hydroxylation sites is 1. The van der Waals surface area contributed by atoms with Crippen molar-refractivity contribution >= 4 is 11.9 Å². The van der Waals surface area contributed by atoms with Crippen LogP contribution in [0.25, 0.3) is 0 Å². The normalized spacial score (nSPS) is 18.7. The number of amides is 3. The van der Waals surface area contributed by atoms with Crippen LogP contribution in [0.3, 0.4) is 0 Å². The van der Waals surface area contributed by atoms with Gasteiger partial charge >= 0.3 is 6.03 Å². The van der Waals surface area contributed by atoms with E-state index in [0.717, 1.165) is 29.0 Å². The Morgan fingerprint density at radius 3 is 2.48 bits per heavy atom. The number of nitrogens with zero attached hydrogens (tertiary/aromatic N) is 1. The quantitative estimate of drug-likeness (QED) is 0.513. The van der Waals surface area contributed by atoms with Crippen molar-refractivity contribution in [3.8, 4) is 11.5 Å². The van der Waals surface area contributed by atoms with Crippen LogP contribution in [0, 0.1) is 6.92 Å². The van der Waals surface area contributed by atoms with Gasteiger partial charge in [-0.3, -0.25) is 9.69 Å². The first-order chi connectivity index (χ1) is 14.0. The van der Waals surface area contributed by atoms with Gasteiger partial charge in [0.2, 0.25) is 0 Å². The van der Waals surface area contributed by atoms with E-state index in [9.17, 15) is 9.59 Å². The molecule has 154 valence electrons. The SMILES string of the molecule is CCC1(c2ccc(OC)c(C)c2)NC(=O)N(CCCCOc2ccccc2)C1=O. The van der Waals surface area contributed by atoms with Crippen LogP contribution in [-0.4, -0.2) is 37.1 Å². The van der Waals surface area contributed by atoms with E-state index in [2.05, 4.69) is 5.32 Å². The molecule has 6 nitrogen and oxygen atoms in total. The van der Waals surface area contributed by atoms with Crippen molar-refractivity contribution in [2.75, 3.05) is 20.3 Å². The van der Waals surface area contributed by atoms with E-state index in [1.807, 2.05) is 62.4 Å². The zero-order valence-electron chi connectivity index (χ0n) is 17.2. The fourth-order valence-electron chi connectivity index (χ4n) is 3.69. The first kappa shape index (κ1) is 20.7. The third-order valence-corrected chi connectivity index (χ3v) is 5.38. The van der Waals surface area contributed by atoms with Crippen molar-refractivity contribution in [1.82, 2.24) is 10.2 Å². The molecule has 0 spiro atoms. The molecule has 1 heterocycles. The molecule has 29 heavy (non-hydrogen) atoms. The van der Waals surface area contributed by atoms with E-state index in [4.69, 9.17) is 9.47 Å². The van der Waals surface area contributed by atoms with Crippen LogP contribution in [0.2, 0.25) is 0 Å². The summed E-state index contributed by atoms with van der Waals surface area (Å²) in [4.78, 5) is 27.1. The molecule has 2 aromatic carbocycles. The Morgan fingerprint density at radius 2 is 1.83 bits per heavy atom. The van der Waals surface area contributed by atoms with E-state index in [1.165, 1.54) is 4.90 Å². The topological polar surface area (TPSA) is 67.9 Å². The number of rotatable bonds is 9. The fraction of sp³-hybridized carbons (Fsp3) is 0.391. The summed E-state index contributed by atoms with van der Waals surface area (Å²) in [6.45, 7) is 4.76. The number of urea groups is 1. The van der Waals surface area contributed by atoms with Gasteiger partial charge in [0.1, 0.15) is 17.0 Å². The van der Waals surface area contributed by atoms with Gasteiger partial charge in [-0.05, 0) is 61.6 Å². The lowest BCUT2D eigenvalue weighted by Crippen LogP contribution is -2.43. The van der Waals surface area contributed by atoms with E-state index < -0.39 is 5.54 Å². The van der Waals surface area contributed by atoms with E-state index >= 15 is 0 Å². The van der Waals surface area contributed by atoms with Crippen molar-refractivity contribution in [2.24, 2.45) is 0 Å². The Labute approximate surface area is 171 Å². The third-order valence-electron chi connectivity index (χ3n) is 5.38. The highest BCUT2D eigenvalue weighted by molar-refractivity contribution is 6.07. The molecule has 3 amide bonds. The lowest BCUT2D eigenvalue weighted by molar-refractivity contribution is -0.131. The number of unbranched alkanes of at least 4 members (excludes halogenated alkanes) is 1. The second-order valence-corrected chi connectivity index (χ2v) is 7.20. The summed E-state index contributed by atoms with van der Waals surface area (Å²) >= 11 is 0. The third kappa shape index (κ3) is 4.21. The molecule has 0 saturated carbocycles. The highest BCUT2D eigenvalue weighted by atomic mass is 16.5. The molecule has 1 saturated heterocycles. The standard InChI is InChI=1S/C23H28N2O4/c1-4-23(18-12-13-20(28-3)17(2)16-18)21(26)25(22(27)24-23)14-8-9-15-29-19-10-6-5-7-11-19/h5-7,10-13,16H,4,8-9,14-15H2,1-3H3,(H,24,27). The van der Waals surface area contributed by atoms with Crippen LogP contribution in [0.15, 0.2) is 48.5 Å². The summed E-state index contributed by atoms with van der Waals surface area (Å²) in [5, 5.41) is 2.93. The molecule has 1 aliphatic rings. The van der Waals surface area contributed by atoms with Crippen molar-refractivity contribution in [3.05, 3.63) is 59.7 Å². The maximum absolute atomic E-state index is 13.2. The van der Waals surface area contributed by atoms with Crippen molar-refractivity contribution in [3.63, 3.8) is 0 Å². The van der Waals surface area contributed by atoms with Gasteiger partial charge in [0.25, 0.3) is 5.91 Å². The Morgan fingerprint density at radius 1 is 1.07 bits per heavy atom. The second-order valence-electron chi connectivity index (χ2n) is 7.20. The number of hydrogen-bond acceptors (Lipinski definition) is 4. The van der Waals surface area contributed by atoms with Gasteiger partial charge in [-0.25, -0.2) is 4.79 Å². The maximum Gasteiger partial charge on any atom is 0.325 e. The highest BCUT2D eigenvalue weighted by Crippen LogP contribution is 2.34. The number of carbonyl (C=O) groups is 2. The predicted octanol–water partition coefficient (Wildman–Crippen LogP) is 4.02. The molecule has 0 aliphatic carbocycles. The summed E-state index contributed by atoms with van der Waals surface area (Å²) in [7, 11) is 1.61. The van der Waals surface area contributed by atoms with Gasteiger partial charge in [0.15, 0.2) is 0 Å². The van der Waals surface area contributed by atoms with E-state index in [0.29, 0.717) is 26.0 Å². The molecular weight excluding hydrogens is 368 g/mol. The van der Waals surface area contributed by atoms with Gasteiger partial charge in [-0.2, -0.15) is 0 Å². The number of imide groups is 1. The monoisotopic (exact) mass is 396 g/mol. The minimum atomic E-state index is -1.02. The van der Waals surface area contributed by atoms with Crippen molar-refractivity contribution in [2.45, 2.75) is 38.6 Å². The zero-order chi connectivity index (χ0) is 20.9. The van der Waals surface area contributed by atoms with Gasteiger partial charge in [0.05, 0.1) is 13.7 Å². The van der Waals surface area contributed by atoms with E-state index in [-0.39, 0.29) is 11.9 Å². The van der Waals surface area contributed by atoms with Crippen LogP contribution in [0.1, 0.15) is 37.3 Å². The Balaban J connectivity index is 1.62. The first-order valence-electron chi connectivity index (χ1n) is 9.99. The number of carbonyl (C=O) groups excluding carboxylic acids is 2. The molecular formula is C23H28N2O4. The molecule has 1 fully saturated rings. The molecule has 1 N–H and O–H groups in total. The van der Waals surface area contributed by atoms with Crippen molar-refractivity contribution in [1.29, 1.82) is 0 Å². The maximum atomic E-state index is 13.2. The lowest BCUT2D eigenvalue weighted by atomic mass is 9.86. The molecule has 1 aliphatic heterocycles. The minimum absolute atomic E-state index is 0.196. The summed E-state index contributed by atoms with van der Waals surface area (Å²) in [6, 6.07) is 14.9. The average Bonchev–Trinajstić information content (AvgIpc) is 2.99. The van der Waals surface area contributed by atoms with Gasteiger partial charge in [-0.1, -0.05) is 31.2 Å². The first-order valence-corrected chi connectivity index (χ1v) is 9.99. The fourth-order valence-corrected chi connectivity index (χ4v) is 3.69.